The fraction of sp³-hybridized carbons (Fsp3) is 0.556. The zero-order valence-electron chi connectivity index (χ0n) is 8.37. The van der Waals surface area contributed by atoms with Gasteiger partial charge in [-0.2, -0.15) is 5.10 Å². The molecular weight excluding hydrogens is 182 g/mol. The first-order valence-electron chi connectivity index (χ1n) is 4.48. The lowest BCUT2D eigenvalue weighted by Gasteiger charge is -2.24. The molecule has 5 heteroatoms. The van der Waals surface area contributed by atoms with Crippen molar-refractivity contribution in [1.29, 1.82) is 0 Å². The fourth-order valence-electron chi connectivity index (χ4n) is 1.10. The summed E-state index contributed by atoms with van der Waals surface area (Å²) in [7, 11) is 0. The molecule has 1 aromatic heterocycles. The van der Waals surface area contributed by atoms with Gasteiger partial charge in [0.1, 0.15) is 5.69 Å². The van der Waals surface area contributed by atoms with Crippen molar-refractivity contribution in [2.45, 2.75) is 25.8 Å². The van der Waals surface area contributed by atoms with Crippen molar-refractivity contribution in [3.63, 3.8) is 0 Å². The van der Waals surface area contributed by atoms with Crippen LogP contribution in [0.1, 0.15) is 30.8 Å². The molecule has 5 nitrogen and oxygen atoms in total. The quantitative estimate of drug-likeness (QED) is 0.649. The molecule has 1 rings (SSSR count). The monoisotopic (exact) mass is 197 g/mol. The summed E-state index contributed by atoms with van der Waals surface area (Å²) in [6.07, 6.45) is 2.04. The second-order valence-electron chi connectivity index (χ2n) is 3.78. The van der Waals surface area contributed by atoms with Crippen molar-refractivity contribution in [3.8, 4) is 0 Å². The lowest BCUT2D eigenvalue weighted by atomic mass is 10.0. The number of aromatic nitrogens is 2. The molecule has 78 valence electrons. The van der Waals surface area contributed by atoms with Gasteiger partial charge in [-0.1, -0.05) is 0 Å². The number of aliphatic hydroxyl groups is 1. The van der Waals surface area contributed by atoms with Crippen LogP contribution < -0.4 is 5.32 Å². The van der Waals surface area contributed by atoms with Gasteiger partial charge in [0.05, 0.1) is 0 Å². The number of hydrogen-bond donors (Lipinski definition) is 3. The molecule has 0 aliphatic carbocycles. The minimum Gasteiger partial charge on any atom is -0.396 e. The van der Waals surface area contributed by atoms with Crippen molar-refractivity contribution < 1.29 is 9.90 Å². The summed E-state index contributed by atoms with van der Waals surface area (Å²) in [5.41, 5.74) is 0.0211. The van der Waals surface area contributed by atoms with E-state index < -0.39 is 5.54 Å². The first-order valence-corrected chi connectivity index (χ1v) is 4.48. The lowest BCUT2D eigenvalue weighted by Crippen LogP contribution is -2.44. The van der Waals surface area contributed by atoms with Gasteiger partial charge in [-0.05, 0) is 26.3 Å². The highest BCUT2D eigenvalue weighted by molar-refractivity contribution is 5.92. The Balaban J connectivity index is 2.57. The first kappa shape index (κ1) is 10.7. The van der Waals surface area contributed by atoms with Crippen molar-refractivity contribution >= 4 is 5.91 Å². The normalized spacial score (nSPS) is 11.4. The van der Waals surface area contributed by atoms with E-state index in [9.17, 15) is 4.79 Å². The number of nitrogens with one attached hydrogen (secondary N) is 2. The summed E-state index contributed by atoms with van der Waals surface area (Å²) < 4.78 is 0. The van der Waals surface area contributed by atoms with Crippen LogP contribution >= 0.6 is 0 Å². The summed E-state index contributed by atoms with van der Waals surface area (Å²) in [6, 6.07) is 1.60. The molecule has 0 atom stereocenters. The molecule has 0 bridgehead atoms. The van der Waals surface area contributed by atoms with Crippen LogP contribution in [-0.4, -0.2) is 33.4 Å². The van der Waals surface area contributed by atoms with E-state index in [-0.39, 0.29) is 12.5 Å². The van der Waals surface area contributed by atoms with Crippen LogP contribution in [0.4, 0.5) is 0 Å². The highest BCUT2D eigenvalue weighted by atomic mass is 16.3. The number of carbonyl (C=O) groups is 1. The molecule has 0 aliphatic rings. The Kier molecular flexibility index (Phi) is 3.24. The SMILES string of the molecule is CC(C)(CCO)NC(=O)c1ccn[nH]1. The number of carbonyl (C=O) groups excluding carboxylic acids is 1. The van der Waals surface area contributed by atoms with Crippen molar-refractivity contribution in [1.82, 2.24) is 15.5 Å². The highest BCUT2D eigenvalue weighted by Gasteiger charge is 2.20. The van der Waals surface area contributed by atoms with Gasteiger partial charge in [0, 0.05) is 18.3 Å². The smallest absolute Gasteiger partial charge is 0.269 e. The van der Waals surface area contributed by atoms with Crippen LogP contribution in [-0.2, 0) is 0 Å². The van der Waals surface area contributed by atoms with Crippen molar-refractivity contribution in [3.05, 3.63) is 18.0 Å². The summed E-state index contributed by atoms with van der Waals surface area (Å²) in [6.45, 7) is 3.77. The first-order chi connectivity index (χ1) is 6.55. The molecule has 0 aromatic carbocycles. The van der Waals surface area contributed by atoms with Gasteiger partial charge in [-0.25, -0.2) is 0 Å². The topological polar surface area (TPSA) is 78.0 Å². The Morgan fingerprint density at radius 1 is 1.71 bits per heavy atom. The summed E-state index contributed by atoms with van der Waals surface area (Å²) in [5.74, 6) is -0.207. The molecule has 1 aromatic rings. The molecule has 0 fully saturated rings. The number of aliphatic hydroxyl groups excluding tert-OH is 1. The second kappa shape index (κ2) is 4.23. The average Bonchev–Trinajstić information content (AvgIpc) is 2.53. The van der Waals surface area contributed by atoms with Gasteiger partial charge in [0.15, 0.2) is 0 Å². The zero-order valence-corrected chi connectivity index (χ0v) is 8.37. The van der Waals surface area contributed by atoms with Crippen molar-refractivity contribution in [2.75, 3.05) is 6.61 Å². The zero-order chi connectivity index (χ0) is 10.6. The lowest BCUT2D eigenvalue weighted by molar-refractivity contribution is 0.0894. The molecule has 0 radical (unpaired) electrons. The van der Waals surface area contributed by atoms with Crippen LogP contribution in [0, 0.1) is 0 Å². The maximum absolute atomic E-state index is 11.5. The average molecular weight is 197 g/mol. The van der Waals surface area contributed by atoms with E-state index in [1.807, 2.05) is 13.8 Å². The van der Waals surface area contributed by atoms with Gasteiger partial charge in [-0.3, -0.25) is 9.89 Å². The van der Waals surface area contributed by atoms with Crippen LogP contribution in [0.2, 0.25) is 0 Å². The third-order valence-corrected chi connectivity index (χ3v) is 1.93. The van der Waals surface area contributed by atoms with Crippen LogP contribution in [0.3, 0.4) is 0 Å². The second-order valence-corrected chi connectivity index (χ2v) is 3.78. The molecule has 14 heavy (non-hydrogen) atoms. The molecule has 1 amide bonds. The van der Waals surface area contributed by atoms with E-state index >= 15 is 0 Å². The minimum absolute atomic E-state index is 0.0518. The van der Waals surface area contributed by atoms with E-state index in [4.69, 9.17) is 5.11 Å². The van der Waals surface area contributed by atoms with Gasteiger partial charge in [0.25, 0.3) is 5.91 Å². The number of H-pyrrole nitrogens is 1. The summed E-state index contributed by atoms with van der Waals surface area (Å²) >= 11 is 0. The van der Waals surface area contributed by atoms with Crippen LogP contribution in [0.15, 0.2) is 12.3 Å². The standard InChI is InChI=1S/C9H15N3O2/c1-9(2,4-6-13)11-8(14)7-3-5-10-12-7/h3,5,13H,4,6H2,1-2H3,(H,10,12)(H,11,14). The number of nitrogens with zero attached hydrogens (tertiary/aromatic N) is 1. The molecule has 3 N–H and O–H groups in total. The van der Waals surface area contributed by atoms with Gasteiger partial charge < -0.3 is 10.4 Å². The summed E-state index contributed by atoms with van der Waals surface area (Å²) in [5, 5.41) is 17.8. The molecule has 0 aliphatic heterocycles. The molecule has 1 heterocycles. The minimum atomic E-state index is -0.406. The predicted molar refractivity (Wildman–Crippen MR) is 51.8 cm³/mol. The van der Waals surface area contributed by atoms with E-state index in [1.54, 1.807) is 6.07 Å². The Bertz CT molecular complexity index is 293. The molecule has 0 spiro atoms. The Morgan fingerprint density at radius 3 is 2.93 bits per heavy atom. The fourth-order valence-corrected chi connectivity index (χ4v) is 1.10. The van der Waals surface area contributed by atoms with Crippen LogP contribution in [0.25, 0.3) is 0 Å². The number of rotatable bonds is 4. The number of aromatic amines is 1. The van der Waals surface area contributed by atoms with Crippen LogP contribution in [0.5, 0.6) is 0 Å². The number of hydrogen-bond acceptors (Lipinski definition) is 3. The molecule has 0 saturated heterocycles. The largest absolute Gasteiger partial charge is 0.396 e. The van der Waals surface area contributed by atoms with E-state index in [0.717, 1.165) is 0 Å². The van der Waals surface area contributed by atoms with E-state index in [0.29, 0.717) is 12.1 Å². The predicted octanol–water partition coefficient (Wildman–Crippen LogP) is 0.300. The maximum atomic E-state index is 11.5. The van der Waals surface area contributed by atoms with Gasteiger partial charge in [0.2, 0.25) is 0 Å². The van der Waals surface area contributed by atoms with E-state index in [2.05, 4.69) is 15.5 Å². The highest BCUT2D eigenvalue weighted by Crippen LogP contribution is 2.08. The van der Waals surface area contributed by atoms with Gasteiger partial charge in [-0.15, -0.1) is 0 Å². The Hall–Kier alpha value is -1.36. The molecule has 0 unspecified atom stereocenters. The maximum Gasteiger partial charge on any atom is 0.269 e. The molecule has 0 saturated carbocycles. The van der Waals surface area contributed by atoms with E-state index in [1.165, 1.54) is 6.20 Å². The van der Waals surface area contributed by atoms with Crippen molar-refractivity contribution in [2.24, 2.45) is 0 Å². The Morgan fingerprint density at radius 2 is 2.43 bits per heavy atom. The van der Waals surface area contributed by atoms with Gasteiger partial charge >= 0.3 is 0 Å². The third-order valence-electron chi connectivity index (χ3n) is 1.93. The third kappa shape index (κ3) is 2.85. The Labute approximate surface area is 82.5 Å². The summed E-state index contributed by atoms with van der Waals surface area (Å²) in [4.78, 5) is 11.5. The molecular formula is C9H15N3O2. The number of amides is 1.